The van der Waals surface area contributed by atoms with Gasteiger partial charge in [0.15, 0.2) is 5.88 Å². The number of carbonyl (C=O) groups is 4. The number of fused-ring (bicyclic) bond motifs is 2. The molecule has 14 nitrogen and oxygen atoms in total. The van der Waals surface area contributed by atoms with Crippen LogP contribution in [0, 0.1) is 17.3 Å². The standard InChI is InChI=1S/C51H63N7O7/c1-29(2)43(52-31(5)64-6)48(61)58-25-11-13-42(58)47(60)53-34-17-14-32(15-18-34)35-19-20-36(39-28-51(27-38(35)39)22-8-9-23-51)33-16-21-40-37(26-33)46(59)56-45(54-40)41-12-10-24-57(41)49(62)44(30(3)4)55-50(63)65-7/h14-21,26,29-30,41-44,52H,5,8-13,22-25,27-28H2,1-4,6-7H3,(H,53,60)(H,55,63)(H,54,56,59)/t41?,42-,43-,44-/m0/s1. The molecule has 8 rings (SSSR count). The fraction of sp³-hybridized carbons (Fsp3) is 0.490. The third kappa shape index (κ3) is 9.09. The highest BCUT2D eigenvalue weighted by Gasteiger charge is 2.43. The summed E-state index contributed by atoms with van der Waals surface area (Å²) in [6, 6.07) is 15.9. The Morgan fingerprint density at radius 3 is 2.02 bits per heavy atom. The number of amides is 4. The molecule has 2 aliphatic carbocycles. The zero-order valence-corrected chi connectivity index (χ0v) is 38.6. The van der Waals surface area contributed by atoms with Gasteiger partial charge in [-0.2, -0.15) is 0 Å². The molecule has 344 valence electrons. The molecule has 2 saturated heterocycles. The number of nitrogens with zero attached hydrogens (tertiary/aromatic N) is 3. The van der Waals surface area contributed by atoms with Crippen LogP contribution in [0.25, 0.3) is 33.2 Å². The van der Waals surface area contributed by atoms with Crippen molar-refractivity contribution < 1.29 is 28.7 Å². The van der Waals surface area contributed by atoms with Crippen LogP contribution in [0.2, 0.25) is 0 Å². The molecule has 1 saturated carbocycles. The number of hydrogen-bond donors (Lipinski definition) is 4. The second-order valence-electron chi connectivity index (χ2n) is 19.2. The molecule has 65 heavy (non-hydrogen) atoms. The van der Waals surface area contributed by atoms with E-state index in [1.54, 1.807) is 9.80 Å². The van der Waals surface area contributed by atoms with Crippen LogP contribution in [0.4, 0.5) is 10.5 Å². The molecule has 2 aliphatic heterocycles. The molecule has 0 radical (unpaired) electrons. The summed E-state index contributed by atoms with van der Waals surface area (Å²) in [5, 5.41) is 9.33. The summed E-state index contributed by atoms with van der Waals surface area (Å²) in [5.41, 5.74) is 8.14. The van der Waals surface area contributed by atoms with Gasteiger partial charge in [-0.3, -0.25) is 19.2 Å². The van der Waals surface area contributed by atoms with Gasteiger partial charge in [0.2, 0.25) is 17.7 Å². The summed E-state index contributed by atoms with van der Waals surface area (Å²) in [7, 11) is 2.77. The van der Waals surface area contributed by atoms with Crippen molar-refractivity contribution >= 4 is 40.4 Å². The topological polar surface area (TPSA) is 175 Å². The lowest BCUT2D eigenvalue weighted by Crippen LogP contribution is -2.53. The van der Waals surface area contributed by atoms with E-state index in [2.05, 4.69) is 51.8 Å². The summed E-state index contributed by atoms with van der Waals surface area (Å²) in [6.07, 6.45) is 8.83. The lowest BCUT2D eigenvalue weighted by Gasteiger charge is -2.31. The van der Waals surface area contributed by atoms with Gasteiger partial charge in [0.25, 0.3) is 5.56 Å². The van der Waals surface area contributed by atoms with E-state index < -0.39 is 30.3 Å². The van der Waals surface area contributed by atoms with E-state index >= 15 is 0 Å². The SMILES string of the molecule is C=C(N[C@H](C(=O)N1CCC[C@H]1C(=O)Nc1ccc(-c2ccc(-c3ccc4nc(C5CCCN5C(=O)[C@@H](NC(=O)OC)C(C)C)[nH]c(=O)c4c3)c3c2CC2(CCCC2)C3)cc1)C(C)C)OC. The second kappa shape index (κ2) is 18.7. The third-order valence-corrected chi connectivity index (χ3v) is 14.3. The quantitative estimate of drug-likeness (QED) is 0.0985. The monoisotopic (exact) mass is 885 g/mol. The molecular weight excluding hydrogens is 823 g/mol. The second-order valence-corrected chi connectivity index (χ2v) is 19.2. The molecule has 1 unspecified atom stereocenters. The van der Waals surface area contributed by atoms with Crippen molar-refractivity contribution in [1.29, 1.82) is 0 Å². The van der Waals surface area contributed by atoms with E-state index in [0.29, 0.717) is 54.2 Å². The average Bonchev–Trinajstić information content (AvgIpc) is 4.14. The predicted molar refractivity (Wildman–Crippen MR) is 251 cm³/mol. The number of ether oxygens (including phenoxy) is 2. The van der Waals surface area contributed by atoms with Gasteiger partial charge in [-0.05, 0) is 133 Å². The maximum absolute atomic E-state index is 13.9. The highest BCUT2D eigenvalue weighted by atomic mass is 16.5. The predicted octanol–water partition coefficient (Wildman–Crippen LogP) is 7.62. The zero-order chi connectivity index (χ0) is 46.2. The fourth-order valence-corrected chi connectivity index (χ4v) is 10.8. The first-order valence-electron chi connectivity index (χ1n) is 23.3. The molecule has 1 aromatic heterocycles. The van der Waals surface area contributed by atoms with Crippen LogP contribution < -0.4 is 21.5 Å². The van der Waals surface area contributed by atoms with Crippen LogP contribution in [0.15, 0.2) is 71.9 Å². The highest BCUT2D eigenvalue weighted by molar-refractivity contribution is 5.98. The summed E-state index contributed by atoms with van der Waals surface area (Å²) in [5.74, 6) is -0.0314. The molecule has 4 N–H and O–H groups in total. The molecule has 3 heterocycles. The lowest BCUT2D eigenvalue weighted by atomic mass is 9.82. The van der Waals surface area contributed by atoms with Crippen LogP contribution in [-0.2, 0) is 36.7 Å². The van der Waals surface area contributed by atoms with Crippen LogP contribution in [-0.4, -0.2) is 89.0 Å². The van der Waals surface area contributed by atoms with E-state index in [-0.39, 0.29) is 40.5 Å². The zero-order valence-electron chi connectivity index (χ0n) is 38.6. The Balaban J connectivity index is 1.03. The Hall–Kier alpha value is -6.18. The number of anilines is 1. The number of alkyl carbamates (subject to hydrolysis) is 1. The van der Waals surface area contributed by atoms with E-state index in [4.69, 9.17) is 14.5 Å². The van der Waals surface area contributed by atoms with Crippen LogP contribution in [0.1, 0.15) is 102 Å². The van der Waals surface area contributed by atoms with Gasteiger partial charge in [0.05, 0.1) is 31.2 Å². The average molecular weight is 886 g/mol. The molecule has 1 spiro atoms. The van der Waals surface area contributed by atoms with Gasteiger partial charge >= 0.3 is 6.09 Å². The molecule has 3 fully saturated rings. The summed E-state index contributed by atoms with van der Waals surface area (Å²) >= 11 is 0. The van der Waals surface area contributed by atoms with Crippen molar-refractivity contribution in [2.45, 2.75) is 116 Å². The summed E-state index contributed by atoms with van der Waals surface area (Å²) < 4.78 is 9.97. The van der Waals surface area contributed by atoms with E-state index in [1.165, 1.54) is 56.6 Å². The number of methoxy groups -OCH3 is 2. The maximum Gasteiger partial charge on any atom is 0.407 e. The van der Waals surface area contributed by atoms with Crippen molar-refractivity contribution in [2.24, 2.45) is 17.3 Å². The first kappa shape index (κ1) is 45.4. The Labute approximate surface area is 380 Å². The van der Waals surface area contributed by atoms with Gasteiger partial charge in [0.1, 0.15) is 23.9 Å². The largest absolute Gasteiger partial charge is 0.483 e. The molecule has 4 aliphatic rings. The van der Waals surface area contributed by atoms with Gasteiger partial charge in [0, 0.05) is 18.8 Å². The van der Waals surface area contributed by atoms with Gasteiger partial charge in [-0.1, -0.05) is 70.9 Å². The van der Waals surface area contributed by atoms with Crippen molar-refractivity contribution in [2.75, 3.05) is 32.6 Å². The smallest absolute Gasteiger partial charge is 0.407 e. The molecule has 4 amide bonds. The van der Waals surface area contributed by atoms with E-state index in [1.807, 2.05) is 58.0 Å². The minimum atomic E-state index is -0.774. The molecule has 4 aromatic rings. The van der Waals surface area contributed by atoms with Gasteiger partial charge in [-0.25, -0.2) is 9.78 Å². The Kier molecular flexibility index (Phi) is 13.1. The first-order chi connectivity index (χ1) is 31.2. The van der Waals surface area contributed by atoms with Crippen molar-refractivity contribution in [1.82, 2.24) is 30.4 Å². The van der Waals surface area contributed by atoms with E-state index in [9.17, 15) is 24.0 Å². The van der Waals surface area contributed by atoms with Crippen molar-refractivity contribution in [3.05, 3.63) is 94.4 Å². The lowest BCUT2D eigenvalue weighted by molar-refractivity contribution is -0.139. The van der Waals surface area contributed by atoms with Crippen LogP contribution in [0.3, 0.4) is 0 Å². The Morgan fingerprint density at radius 1 is 0.769 bits per heavy atom. The number of carbonyl (C=O) groups excluding carboxylic acids is 4. The molecule has 0 bridgehead atoms. The number of H-pyrrole nitrogens is 1. The van der Waals surface area contributed by atoms with Crippen molar-refractivity contribution in [3.8, 4) is 22.3 Å². The molecule has 14 heteroatoms. The minimum absolute atomic E-state index is 0.0355. The van der Waals surface area contributed by atoms with Gasteiger partial charge in [-0.15, -0.1) is 0 Å². The number of hydrogen-bond acceptors (Lipinski definition) is 9. The Morgan fingerprint density at radius 2 is 1.37 bits per heavy atom. The highest BCUT2D eigenvalue weighted by Crippen LogP contribution is 2.53. The first-order valence-corrected chi connectivity index (χ1v) is 23.3. The molecule has 4 atom stereocenters. The number of aromatic nitrogens is 2. The number of aromatic amines is 1. The third-order valence-electron chi connectivity index (χ3n) is 14.3. The van der Waals surface area contributed by atoms with E-state index in [0.717, 1.165) is 42.4 Å². The van der Waals surface area contributed by atoms with Crippen molar-refractivity contribution in [3.63, 3.8) is 0 Å². The number of rotatable bonds is 13. The number of nitrogens with one attached hydrogen (secondary N) is 4. The Bertz CT molecular complexity index is 2540. The number of likely N-dealkylation sites (tertiary alicyclic amines) is 2. The van der Waals surface area contributed by atoms with Crippen LogP contribution >= 0.6 is 0 Å². The van der Waals surface area contributed by atoms with Crippen LogP contribution in [0.5, 0.6) is 0 Å². The minimum Gasteiger partial charge on any atom is -0.483 e. The molecular formula is C51H63N7O7. The summed E-state index contributed by atoms with van der Waals surface area (Å²) in [6.45, 7) is 12.5. The summed E-state index contributed by atoms with van der Waals surface area (Å²) in [4.78, 5) is 78.5. The maximum atomic E-state index is 13.9. The van der Waals surface area contributed by atoms with Gasteiger partial charge < -0.3 is 40.2 Å². The number of benzene rings is 3. The normalized spacial score (nSPS) is 19.7. The fourth-order valence-electron chi connectivity index (χ4n) is 10.8. The molecule has 3 aromatic carbocycles.